The van der Waals surface area contributed by atoms with Crippen LogP contribution in [0, 0.1) is 0 Å². The number of thiazole rings is 1. The monoisotopic (exact) mass is 527 g/mol. The lowest BCUT2D eigenvalue weighted by Gasteiger charge is -2.08. The molecule has 1 amide bonds. The van der Waals surface area contributed by atoms with Gasteiger partial charge in [0.1, 0.15) is 11.5 Å². The highest BCUT2D eigenvalue weighted by atomic mass is 32.2. The zero-order chi connectivity index (χ0) is 25.7. The third kappa shape index (κ3) is 6.03. The maximum Gasteiger partial charge on any atom is 0.261 e. The highest BCUT2D eigenvalue weighted by molar-refractivity contribution is 7.92. The number of nitrogens with one attached hydrogen (secondary N) is 2. The Morgan fingerprint density at radius 3 is 2.05 bits per heavy atom. The van der Waals surface area contributed by atoms with Crippen molar-refractivity contribution >= 4 is 38.1 Å². The summed E-state index contributed by atoms with van der Waals surface area (Å²) >= 11 is 1.32. The van der Waals surface area contributed by atoms with Gasteiger partial charge in [-0.25, -0.2) is 13.4 Å². The van der Waals surface area contributed by atoms with Crippen molar-refractivity contribution < 1.29 is 17.9 Å². The van der Waals surface area contributed by atoms with Crippen molar-refractivity contribution in [1.82, 2.24) is 4.98 Å². The molecule has 0 aliphatic heterocycles. The van der Waals surface area contributed by atoms with Gasteiger partial charge in [-0.15, -0.1) is 11.3 Å². The summed E-state index contributed by atoms with van der Waals surface area (Å²) in [6.45, 7) is 0. The molecule has 37 heavy (non-hydrogen) atoms. The van der Waals surface area contributed by atoms with E-state index in [0.29, 0.717) is 22.1 Å². The first-order valence-electron chi connectivity index (χ1n) is 11.2. The van der Waals surface area contributed by atoms with Crippen LogP contribution in [0.2, 0.25) is 0 Å². The molecule has 0 saturated carbocycles. The number of amides is 1. The summed E-state index contributed by atoms with van der Waals surface area (Å²) in [5.41, 5.74) is 2.36. The van der Waals surface area contributed by atoms with Gasteiger partial charge >= 0.3 is 0 Å². The minimum absolute atomic E-state index is 0.162. The highest BCUT2D eigenvalue weighted by Crippen LogP contribution is 2.28. The van der Waals surface area contributed by atoms with Gasteiger partial charge in [-0.05, 0) is 72.8 Å². The number of ether oxygens (including phenoxy) is 1. The zero-order valence-corrected chi connectivity index (χ0v) is 21.0. The second kappa shape index (κ2) is 10.7. The fraction of sp³-hybridized carbons (Fsp3) is 0. The Labute approximate surface area is 218 Å². The summed E-state index contributed by atoms with van der Waals surface area (Å²) in [5.74, 6) is 1.13. The maximum atomic E-state index is 12.7. The number of sulfonamides is 1. The van der Waals surface area contributed by atoms with E-state index in [1.165, 1.54) is 23.5 Å². The van der Waals surface area contributed by atoms with E-state index in [0.717, 1.165) is 17.0 Å². The fourth-order valence-corrected chi connectivity index (χ4v) is 5.25. The van der Waals surface area contributed by atoms with Crippen molar-refractivity contribution in [3.05, 3.63) is 120 Å². The van der Waals surface area contributed by atoms with Gasteiger partial charge in [0.2, 0.25) is 0 Å². The molecular formula is C28H21N3O4S2. The van der Waals surface area contributed by atoms with Crippen molar-refractivity contribution in [2.24, 2.45) is 0 Å². The van der Waals surface area contributed by atoms with Crippen LogP contribution >= 0.6 is 11.3 Å². The molecule has 0 aliphatic rings. The van der Waals surface area contributed by atoms with Gasteiger partial charge in [-0.3, -0.25) is 14.8 Å². The minimum atomic E-state index is -3.70. The number of nitrogens with zero attached hydrogens (tertiary/aromatic N) is 1. The van der Waals surface area contributed by atoms with E-state index in [2.05, 4.69) is 15.0 Å². The number of para-hydroxylation sites is 1. The number of hydrogen-bond donors (Lipinski definition) is 2. The zero-order valence-electron chi connectivity index (χ0n) is 19.4. The third-order valence-electron chi connectivity index (χ3n) is 5.31. The van der Waals surface area contributed by atoms with Gasteiger partial charge in [0.25, 0.3) is 15.9 Å². The molecule has 0 saturated heterocycles. The van der Waals surface area contributed by atoms with Crippen LogP contribution < -0.4 is 14.8 Å². The Hall–Kier alpha value is -4.47. The summed E-state index contributed by atoms with van der Waals surface area (Å²) in [6.07, 6.45) is 0. The molecule has 0 fully saturated rings. The van der Waals surface area contributed by atoms with E-state index in [4.69, 9.17) is 4.74 Å². The average molecular weight is 528 g/mol. The van der Waals surface area contributed by atoms with Gasteiger partial charge in [0, 0.05) is 22.2 Å². The van der Waals surface area contributed by atoms with Gasteiger partial charge < -0.3 is 4.74 Å². The Morgan fingerprint density at radius 1 is 0.757 bits per heavy atom. The molecule has 2 N–H and O–H groups in total. The van der Waals surface area contributed by atoms with Gasteiger partial charge in [-0.2, -0.15) is 0 Å². The molecule has 5 rings (SSSR count). The smallest absolute Gasteiger partial charge is 0.261 e. The lowest BCUT2D eigenvalue weighted by atomic mass is 10.2. The van der Waals surface area contributed by atoms with Crippen LogP contribution in [0.5, 0.6) is 11.5 Å². The molecule has 4 aromatic carbocycles. The van der Waals surface area contributed by atoms with Crippen LogP contribution in [0.4, 0.5) is 10.8 Å². The summed E-state index contributed by atoms with van der Waals surface area (Å²) in [4.78, 5) is 17.4. The molecule has 5 aromatic rings. The van der Waals surface area contributed by atoms with Gasteiger partial charge in [-0.1, -0.05) is 36.4 Å². The molecule has 0 radical (unpaired) electrons. The number of aromatic nitrogens is 1. The number of hydrogen-bond acceptors (Lipinski definition) is 6. The van der Waals surface area contributed by atoms with Crippen LogP contribution in [0.15, 0.2) is 119 Å². The van der Waals surface area contributed by atoms with E-state index < -0.39 is 10.0 Å². The normalized spacial score (nSPS) is 11.0. The predicted octanol–water partition coefficient (Wildman–Crippen LogP) is 6.66. The second-order valence-electron chi connectivity index (χ2n) is 7.93. The fourth-order valence-electron chi connectivity index (χ4n) is 3.45. The molecule has 0 unspecified atom stereocenters. The molecule has 1 heterocycles. The second-order valence-corrected chi connectivity index (χ2v) is 10.5. The van der Waals surface area contributed by atoms with Crippen molar-refractivity contribution in [3.8, 4) is 22.8 Å². The van der Waals surface area contributed by atoms with Crippen LogP contribution in [0.3, 0.4) is 0 Å². The van der Waals surface area contributed by atoms with E-state index in [1.54, 1.807) is 42.5 Å². The van der Waals surface area contributed by atoms with Crippen molar-refractivity contribution in [1.29, 1.82) is 0 Å². The number of benzene rings is 4. The van der Waals surface area contributed by atoms with Gasteiger partial charge in [0.05, 0.1) is 10.6 Å². The number of carbonyl (C=O) groups is 1. The Bertz CT molecular complexity index is 1600. The largest absolute Gasteiger partial charge is 0.457 e. The SMILES string of the molecule is O=C(Nc1nc(-c2ccc(Oc3ccccc3)cc2)cs1)c1ccc(NS(=O)(=O)c2ccccc2)cc1. The summed E-state index contributed by atoms with van der Waals surface area (Å²) in [6, 6.07) is 31.4. The molecule has 7 nitrogen and oxygen atoms in total. The number of anilines is 2. The number of carbonyl (C=O) groups excluding carboxylic acids is 1. The predicted molar refractivity (Wildman–Crippen MR) is 146 cm³/mol. The van der Waals surface area contributed by atoms with E-state index in [-0.39, 0.29) is 10.8 Å². The lowest BCUT2D eigenvalue weighted by molar-refractivity contribution is 0.102. The molecule has 184 valence electrons. The van der Waals surface area contributed by atoms with Crippen molar-refractivity contribution in [2.75, 3.05) is 10.0 Å². The van der Waals surface area contributed by atoms with Crippen LogP contribution in [-0.4, -0.2) is 19.3 Å². The molecule has 0 spiro atoms. The third-order valence-corrected chi connectivity index (χ3v) is 7.46. The van der Waals surface area contributed by atoms with Crippen LogP contribution in [-0.2, 0) is 10.0 Å². The molecular weight excluding hydrogens is 506 g/mol. The van der Waals surface area contributed by atoms with Gasteiger partial charge in [0.15, 0.2) is 5.13 Å². The van der Waals surface area contributed by atoms with E-state index in [9.17, 15) is 13.2 Å². The van der Waals surface area contributed by atoms with E-state index >= 15 is 0 Å². The molecule has 1 aromatic heterocycles. The molecule has 0 bridgehead atoms. The Balaban J connectivity index is 1.20. The van der Waals surface area contributed by atoms with Crippen molar-refractivity contribution in [2.45, 2.75) is 4.90 Å². The maximum absolute atomic E-state index is 12.7. The topological polar surface area (TPSA) is 97.4 Å². The first kappa shape index (κ1) is 24.2. The highest BCUT2D eigenvalue weighted by Gasteiger charge is 2.15. The lowest BCUT2D eigenvalue weighted by Crippen LogP contribution is -2.14. The molecule has 9 heteroatoms. The minimum Gasteiger partial charge on any atom is -0.457 e. The Morgan fingerprint density at radius 2 is 1.38 bits per heavy atom. The van der Waals surface area contributed by atoms with Crippen LogP contribution in [0.25, 0.3) is 11.3 Å². The standard InChI is InChI=1S/C28H21N3O4S2/c32-27(21-11-15-22(16-12-21)31-37(33,34)25-9-5-2-6-10-25)30-28-29-26(19-36-28)20-13-17-24(18-14-20)35-23-7-3-1-4-8-23/h1-19,31H,(H,29,30,32). The quantitative estimate of drug-likeness (QED) is 0.235. The van der Waals surface area contributed by atoms with E-state index in [1.807, 2.05) is 60.0 Å². The van der Waals surface area contributed by atoms with Crippen molar-refractivity contribution in [3.63, 3.8) is 0 Å². The van der Waals surface area contributed by atoms with Crippen LogP contribution in [0.1, 0.15) is 10.4 Å². The molecule has 0 atom stereocenters. The summed E-state index contributed by atoms with van der Waals surface area (Å²) in [7, 11) is -3.70. The first-order valence-corrected chi connectivity index (χ1v) is 13.6. The summed E-state index contributed by atoms with van der Waals surface area (Å²) < 4.78 is 33.3. The Kier molecular flexibility index (Phi) is 6.98. The average Bonchev–Trinajstić information content (AvgIpc) is 3.39. The first-order chi connectivity index (χ1) is 18.0. The molecule has 0 aliphatic carbocycles. The summed E-state index contributed by atoms with van der Waals surface area (Å²) in [5, 5.41) is 5.11. The number of rotatable bonds is 8.